The summed E-state index contributed by atoms with van der Waals surface area (Å²) in [5.41, 5.74) is 0.833. The molecule has 0 aromatic heterocycles. The molecule has 1 saturated carbocycles. The molecule has 1 saturated heterocycles. The Morgan fingerprint density at radius 2 is 1.85 bits per heavy atom. The molecule has 2 aliphatic rings. The summed E-state index contributed by atoms with van der Waals surface area (Å²) >= 11 is 0. The summed E-state index contributed by atoms with van der Waals surface area (Å²) in [5, 5.41) is 5.01. The van der Waals surface area contributed by atoms with Gasteiger partial charge in [-0.3, -0.25) is 19.8 Å². The molecular formula is C18H23FN4O3. The molecule has 140 valence electrons. The number of piperazine rings is 1. The number of urea groups is 1. The van der Waals surface area contributed by atoms with Crippen LogP contribution in [0.4, 0.5) is 9.18 Å². The minimum absolute atomic E-state index is 0.110. The molecule has 1 aliphatic heterocycles. The summed E-state index contributed by atoms with van der Waals surface area (Å²) in [6.07, 6.45) is 1.92. The van der Waals surface area contributed by atoms with E-state index in [0.29, 0.717) is 37.3 Å². The fraction of sp³-hybridized carbons (Fsp3) is 0.500. The van der Waals surface area contributed by atoms with Crippen LogP contribution in [0.25, 0.3) is 0 Å². The van der Waals surface area contributed by atoms with Crippen molar-refractivity contribution in [1.82, 2.24) is 20.4 Å². The molecule has 2 N–H and O–H groups in total. The quantitative estimate of drug-likeness (QED) is 0.833. The molecule has 7 nitrogen and oxygen atoms in total. The highest BCUT2D eigenvalue weighted by atomic mass is 19.1. The van der Waals surface area contributed by atoms with Crippen LogP contribution < -0.4 is 10.6 Å². The van der Waals surface area contributed by atoms with Crippen LogP contribution in [0.2, 0.25) is 0 Å². The summed E-state index contributed by atoms with van der Waals surface area (Å²) in [7, 11) is 0. The predicted molar refractivity (Wildman–Crippen MR) is 93.2 cm³/mol. The molecule has 8 heteroatoms. The van der Waals surface area contributed by atoms with Crippen LogP contribution in [0, 0.1) is 12.7 Å². The van der Waals surface area contributed by atoms with Gasteiger partial charge in [0, 0.05) is 37.8 Å². The zero-order valence-corrected chi connectivity index (χ0v) is 14.8. The maximum absolute atomic E-state index is 13.6. The zero-order valence-electron chi connectivity index (χ0n) is 14.8. The molecule has 1 aromatic carbocycles. The first-order valence-corrected chi connectivity index (χ1v) is 8.80. The Hall–Kier alpha value is -2.48. The van der Waals surface area contributed by atoms with Gasteiger partial charge in [-0.2, -0.15) is 0 Å². The van der Waals surface area contributed by atoms with Gasteiger partial charge in [0.05, 0.1) is 6.54 Å². The van der Waals surface area contributed by atoms with Crippen molar-refractivity contribution in [2.45, 2.75) is 25.8 Å². The summed E-state index contributed by atoms with van der Waals surface area (Å²) in [6, 6.07) is 4.22. The predicted octanol–water partition coefficient (Wildman–Crippen LogP) is 0.880. The standard InChI is InChI=1S/C18H23FN4O3/c1-12-2-3-13(10-15(12)19)17(25)23-8-6-22(7-9-23)11-16(24)21-18(26)20-14-4-5-14/h2-3,10,14H,4-9,11H2,1H3,(H2,20,21,24,26). The average molecular weight is 362 g/mol. The van der Waals surface area contributed by atoms with Crippen molar-refractivity contribution in [3.8, 4) is 0 Å². The number of aryl methyl sites for hydroxylation is 1. The van der Waals surface area contributed by atoms with Gasteiger partial charge in [0.2, 0.25) is 5.91 Å². The van der Waals surface area contributed by atoms with Crippen LogP contribution >= 0.6 is 0 Å². The van der Waals surface area contributed by atoms with E-state index in [1.165, 1.54) is 6.07 Å². The molecule has 0 bridgehead atoms. The number of benzene rings is 1. The molecule has 0 spiro atoms. The smallest absolute Gasteiger partial charge is 0.321 e. The van der Waals surface area contributed by atoms with Crippen LogP contribution in [-0.4, -0.2) is 66.4 Å². The third-order valence-corrected chi connectivity index (χ3v) is 4.61. The summed E-state index contributed by atoms with van der Waals surface area (Å²) < 4.78 is 13.6. The SMILES string of the molecule is Cc1ccc(C(=O)N2CCN(CC(=O)NC(=O)NC3CC3)CC2)cc1F. The van der Waals surface area contributed by atoms with E-state index in [-0.39, 0.29) is 24.4 Å². The zero-order chi connectivity index (χ0) is 18.7. The third-order valence-electron chi connectivity index (χ3n) is 4.61. The second kappa shape index (κ2) is 7.82. The van der Waals surface area contributed by atoms with Crippen LogP contribution in [0.3, 0.4) is 0 Å². The minimum atomic E-state index is -0.451. The van der Waals surface area contributed by atoms with Gasteiger partial charge in [0.15, 0.2) is 0 Å². The Kier molecular flexibility index (Phi) is 5.51. The van der Waals surface area contributed by atoms with Crippen LogP contribution in [0.5, 0.6) is 0 Å². The van der Waals surface area contributed by atoms with Crippen LogP contribution in [-0.2, 0) is 4.79 Å². The van der Waals surface area contributed by atoms with Crippen molar-refractivity contribution in [2.75, 3.05) is 32.7 Å². The third kappa shape index (κ3) is 4.78. The molecule has 1 aliphatic carbocycles. The molecule has 2 fully saturated rings. The van der Waals surface area contributed by atoms with Crippen LogP contribution in [0.15, 0.2) is 18.2 Å². The lowest BCUT2D eigenvalue weighted by molar-refractivity contribution is -0.121. The maximum atomic E-state index is 13.6. The van der Waals surface area contributed by atoms with Gasteiger partial charge < -0.3 is 10.2 Å². The van der Waals surface area contributed by atoms with Crippen molar-refractivity contribution in [2.24, 2.45) is 0 Å². The lowest BCUT2D eigenvalue weighted by Crippen LogP contribution is -2.52. The molecule has 1 heterocycles. The van der Waals surface area contributed by atoms with E-state index in [1.54, 1.807) is 24.0 Å². The lowest BCUT2D eigenvalue weighted by Gasteiger charge is -2.34. The summed E-state index contributed by atoms with van der Waals surface area (Å²) in [5.74, 6) is -0.962. The number of halogens is 1. The number of hydrogen-bond donors (Lipinski definition) is 2. The van der Waals surface area contributed by atoms with Gasteiger partial charge in [-0.25, -0.2) is 9.18 Å². The van der Waals surface area contributed by atoms with E-state index in [0.717, 1.165) is 12.8 Å². The normalized spacial score (nSPS) is 17.7. The fourth-order valence-electron chi connectivity index (χ4n) is 2.84. The Balaban J connectivity index is 1.44. The number of amides is 4. The number of carbonyl (C=O) groups is 3. The molecule has 0 radical (unpaired) electrons. The van der Waals surface area contributed by atoms with Gasteiger partial charge in [0.25, 0.3) is 5.91 Å². The maximum Gasteiger partial charge on any atom is 0.321 e. The van der Waals surface area contributed by atoms with Crippen molar-refractivity contribution in [1.29, 1.82) is 0 Å². The highest BCUT2D eigenvalue weighted by molar-refractivity contribution is 5.95. The van der Waals surface area contributed by atoms with Gasteiger partial charge in [-0.05, 0) is 37.5 Å². The van der Waals surface area contributed by atoms with E-state index in [1.807, 2.05) is 4.90 Å². The second-order valence-electron chi connectivity index (χ2n) is 6.83. The topological polar surface area (TPSA) is 81.8 Å². The summed E-state index contributed by atoms with van der Waals surface area (Å²) in [6.45, 7) is 3.72. The van der Waals surface area contributed by atoms with Crippen molar-refractivity contribution in [3.05, 3.63) is 35.1 Å². The molecule has 0 unspecified atom stereocenters. The first-order chi connectivity index (χ1) is 12.4. The first kappa shape index (κ1) is 18.3. The number of nitrogens with zero attached hydrogens (tertiary/aromatic N) is 2. The Morgan fingerprint density at radius 1 is 1.15 bits per heavy atom. The van der Waals surface area contributed by atoms with Crippen molar-refractivity contribution < 1.29 is 18.8 Å². The van der Waals surface area contributed by atoms with E-state index < -0.39 is 11.8 Å². The molecule has 4 amide bonds. The highest BCUT2D eigenvalue weighted by Gasteiger charge is 2.26. The van der Waals surface area contributed by atoms with Crippen molar-refractivity contribution >= 4 is 17.8 Å². The molecule has 0 atom stereocenters. The van der Waals surface area contributed by atoms with Gasteiger partial charge >= 0.3 is 6.03 Å². The van der Waals surface area contributed by atoms with E-state index in [4.69, 9.17) is 0 Å². The monoisotopic (exact) mass is 362 g/mol. The second-order valence-corrected chi connectivity index (χ2v) is 6.83. The number of rotatable bonds is 4. The highest BCUT2D eigenvalue weighted by Crippen LogP contribution is 2.18. The summed E-state index contributed by atoms with van der Waals surface area (Å²) in [4.78, 5) is 39.4. The van der Waals surface area contributed by atoms with Gasteiger partial charge in [0.1, 0.15) is 5.82 Å². The van der Waals surface area contributed by atoms with Crippen LogP contribution in [0.1, 0.15) is 28.8 Å². The molecule has 26 heavy (non-hydrogen) atoms. The Labute approximate surface area is 151 Å². The van der Waals surface area contributed by atoms with Gasteiger partial charge in [-0.15, -0.1) is 0 Å². The molecule has 1 aromatic rings. The number of carbonyl (C=O) groups excluding carboxylic acids is 3. The van der Waals surface area contributed by atoms with Gasteiger partial charge in [-0.1, -0.05) is 6.07 Å². The molecule has 3 rings (SSSR count). The number of imide groups is 1. The lowest BCUT2D eigenvalue weighted by atomic mass is 10.1. The largest absolute Gasteiger partial charge is 0.336 e. The Bertz CT molecular complexity index is 712. The number of nitrogens with one attached hydrogen (secondary N) is 2. The minimum Gasteiger partial charge on any atom is -0.336 e. The first-order valence-electron chi connectivity index (χ1n) is 8.80. The Morgan fingerprint density at radius 3 is 2.46 bits per heavy atom. The molecular weight excluding hydrogens is 339 g/mol. The van der Waals surface area contributed by atoms with E-state index >= 15 is 0 Å². The fourth-order valence-corrected chi connectivity index (χ4v) is 2.84. The van der Waals surface area contributed by atoms with E-state index in [2.05, 4.69) is 10.6 Å². The van der Waals surface area contributed by atoms with E-state index in [9.17, 15) is 18.8 Å². The van der Waals surface area contributed by atoms with Crippen molar-refractivity contribution in [3.63, 3.8) is 0 Å². The average Bonchev–Trinajstić information content (AvgIpc) is 3.41. The number of hydrogen-bond acceptors (Lipinski definition) is 4.